The maximum atomic E-state index is 13.1. The summed E-state index contributed by atoms with van der Waals surface area (Å²) >= 11 is 1.80. The molecule has 0 aliphatic carbocycles. The molecule has 0 unspecified atom stereocenters. The smallest absolute Gasteiger partial charge is 0.241 e. The van der Waals surface area contributed by atoms with Crippen molar-refractivity contribution in [1.29, 1.82) is 0 Å². The summed E-state index contributed by atoms with van der Waals surface area (Å²) in [5.41, 5.74) is 2.76. The van der Waals surface area contributed by atoms with Crippen LogP contribution in [0.5, 0.6) is 0 Å². The van der Waals surface area contributed by atoms with E-state index in [9.17, 15) is 9.18 Å². The Labute approximate surface area is 213 Å². The summed E-state index contributed by atoms with van der Waals surface area (Å²) in [6.45, 7) is 2.09. The third-order valence-electron chi connectivity index (χ3n) is 6.26. The second-order valence-corrected chi connectivity index (χ2v) is 9.91. The molecule has 0 atom stereocenters. The molecule has 184 valence electrons. The van der Waals surface area contributed by atoms with E-state index in [2.05, 4.69) is 44.6 Å². The molecule has 1 aromatic heterocycles. The number of likely N-dealkylation sites (tertiary alicyclic amines) is 1. The average Bonchev–Trinajstić information content (AvgIpc) is 3.38. The van der Waals surface area contributed by atoms with Gasteiger partial charge in [-0.2, -0.15) is 4.98 Å². The fourth-order valence-electron chi connectivity index (χ4n) is 4.19. The first-order valence-electron chi connectivity index (χ1n) is 12.0. The van der Waals surface area contributed by atoms with Crippen LogP contribution in [0.25, 0.3) is 11.4 Å². The number of rotatable bonds is 8. The normalized spacial score (nSPS) is 14.6. The van der Waals surface area contributed by atoms with Gasteiger partial charge in [-0.1, -0.05) is 35.5 Å². The van der Waals surface area contributed by atoms with Gasteiger partial charge < -0.3 is 9.84 Å². The van der Waals surface area contributed by atoms with Gasteiger partial charge in [0.25, 0.3) is 0 Å². The lowest BCUT2D eigenvalue weighted by Gasteiger charge is -2.30. The zero-order valence-electron chi connectivity index (χ0n) is 19.8. The van der Waals surface area contributed by atoms with E-state index in [0.717, 1.165) is 37.4 Å². The van der Waals surface area contributed by atoms with Crippen LogP contribution >= 0.6 is 11.8 Å². The molecule has 1 saturated heterocycles. The Kier molecular flexibility index (Phi) is 7.73. The second-order valence-electron chi connectivity index (χ2n) is 8.86. The molecule has 3 aromatic carbocycles. The number of halogens is 1. The minimum atomic E-state index is -0.302. The van der Waals surface area contributed by atoms with Gasteiger partial charge in [-0.25, -0.2) is 4.39 Å². The van der Waals surface area contributed by atoms with Gasteiger partial charge in [0.05, 0.1) is 6.54 Å². The summed E-state index contributed by atoms with van der Waals surface area (Å²) in [6, 6.07) is 24.4. The van der Waals surface area contributed by atoms with Crippen LogP contribution in [-0.4, -0.2) is 34.0 Å². The lowest BCUT2D eigenvalue weighted by atomic mass is 9.96. The maximum absolute atomic E-state index is 13.1. The zero-order chi connectivity index (χ0) is 24.7. The number of carbonyl (C=O) groups excluding carboxylic acids is 1. The first kappa shape index (κ1) is 24.2. The third-order valence-corrected chi connectivity index (χ3v) is 7.34. The van der Waals surface area contributed by atoms with Crippen LogP contribution in [0.3, 0.4) is 0 Å². The van der Waals surface area contributed by atoms with Crippen LogP contribution in [-0.2, 0) is 17.1 Å². The quantitative estimate of drug-likeness (QED) is 0.297. The van der Waals surface area contributed by atoms with Crippen molar-refractivity contribution in [2.75, 3.05) is 18.4 Å². The fraction of sp³-hybridized carbons (Fsp3) is 0.250. The van der Waals surface area contributed by atoms with Crippen LogP contribution in [0.15, 0.2) is 88.3 Å². The molecular weight excluding hydrogens is 475 g/mol. The number of hydrogen-bond donors (Lipinski definition) is 1. The number of hydrogen-bond acceptors (Lipinski definition) is 6. The summed E-state index contributed by atoms with van der Waals surface area (Å²) in [5, 5.41) is 7.07. The van der Waals surface area contributed by atoms with E-state index in [1.165, 1.54) is 22.6 Å². The second kappa shape index (κ2) is 11.5. The Morgan fingerprint density at radius 2 is 1.72 bits per heavy atom. The first-order chi connectivity index (χ1) is 17.6. The molecule has 0 radical (unpaired) electrons. The summed E-state index contributed by atoms with van der Waals surface area (Å²) in [5.74, 6) is 1.60. The van der Waals surface area contributed by atoms with E-state index in [4.69, 9.17) is 4.52 Å². The Bertz CT molecular complexity index is 1270. The monoisotopic (exact) mass is 502 g/mol. The lowest BCUT2D eigenvalue weighted by molar-refractivity contribution is -0.121. The molecular formula is C28H27FN4O2S. The number of anilines is 1. The minimum Gasteiger partial charge on any atom is -0.338 e. The number of benzene rings is 3. The van der Waals surface area contributed by atoms with Crippen molar-refractivity contribution in [3.05, 3.63) is 96.1 Å². The Hall–Kier alpha value is -3.49. The van der Waals surface area contributed by atoms with Crippen molar-refractivity contribution in [1.82, 2.24) is 15.0 Å². The zero-order valence-corrected chi connectivity index (χ0v) is 20.6. The minimum absolute atomic E-state index is 0.0213. The topological polar surface area (TPSA) is 71.3 Å². The summed E-state index contributed by atoms with van der Waals surface area (Å²) in [6.07, 6.45) is 1.55. The molecule has 1 N–H and O–H groups in total. The molecule has 5 rings (SSSR count). The standard InChI is InChI=1S/C28H27FN4O2S/c29-23-10-8-21(9-11-23)27-31-26(35-32-27)18-33-16-14-22(15-17-33)28(34)30-24-12-6-20(7-13-24)19-36-25-4-2-1-3-5-25/h1-13,22H,14-19H2,(H,30,34). The van der Waals surface area contributed by atoms with Crippen molar-refractivity contribution in [2.24, 2.45) is 5.92 Å². The van der Waals surface area contributed by atoms with Crippen LogP contribution < -0.4 is 5.32 Å². The van der Waals surface area contributed by atoms with Gasteiger partial charge in [0.15, 0.2) is 0 Å². The molecule has 0 bridgehead atoms. The number of thioether (sulfide) groups is 1. The maximum Gasteiger partial charge on any atom is 0.241 e. The molecule has 36 heavy (non-hydrogen) atoms. The van der Waals surface area contributed by atoms with Crippen molar-refractivity contribution in [3.63, 3.8) is 0 Å². The molecule has 1 aliphatic heterocycles. The molecule has 8 heteroatoms. The molecule has 6 nitrogen and oxygen atoms in total. The summed E-state index contributed by atoms with van der Waals surface area (Å²) < 4.78 is 18.5. The predicted molar refractivity (Wildman–Crippen MR) is 139 cm³/mol. The highest BCUT2D eigenvalue weighted by atomic mass is 32.2. The van der Waals surface area contributed by atoms with Gasteiger partial charge in [-0.05, 0) is 80.0 Å². The molecule has 0 saturated carbocycles. The van der Waals surface area contributed by atoms with E-state index >= 15 is 0 Å². The average molecular weight is 503 g/mol. The molecule has 1 fully saturated rings. The first-order valence-corrected chi connectivity index (χ1v) is 13.0. The number of nitrogens with zero attached hydrogens (tertiary/aromatic N) is 3. The number of amides is 1. The van der Waals surface area contributed by atoms with Crippen LogP contribution in [0.2, 0.25) is 0 Å². The molecule has 0 spiro atoms. The van der Waals surface area contributed by atoms with Crippen LogP contribution in [0.4, 0.5) is 10.1 Å². The predicted octanol–water partition coefficient (Wildman–Crippen LogP) is 6.02. The summed E-state index contributed by atoms with van der Waals surface area (Å²) in [7, 11) is 0. The number of nitrogens with one attached hydrogen (secondary N) is 1. The largest absolute Gasteiger partial charge is 0.338 e. The Balaban J connectivity index is 1.07. The number of carbonyl (C=O) groups is 1. The van der Waals surface area contributed by atoms with E-state index in [1.807, 2.05) is 30.3 Å². The van der Waals surface area contributed by atoms with Crippen molar-refractivity contribution < 1.29 is 13.7 Å². The molecule has 4 aromatic rings. The van der Waals surface area contributed by atoms with Crippen molar-refractivity contribution in [3.8, 4) is 11.4 Å². The highest BCUT2D eigenvalue weighted by molar-refractivity contribution is 7.98. The SMILES string of the molecule is O=C(Nc1ccc(CSc2ccccc2)cc1)C1CCN(Cc2nc(-c3ccc(F)cc3)no2)CC1. The Morgan fingerprint density at radius 1 is 1.00 bits per heavy atom. The van der Waals surface area contributed by atoms with Crippen molar-refractivity contribution >= 4 is 23.4 Å². The van der Waals surface area contributed by atoms with E-state index in [-0.39, 0.29) is 17.6 Å². The van der Waals surface area contributed by atoms with Gasteiger partial charge in [-0.3, -0.25) is 9.69 Å². The number of aromatic nitrogens is 2. The van der Waals surface area contributed by atoms with Gasteiger partial charge >= 0.3 is 0 Å². The van der Waals surface area contributed by atoms with Crippen LogP contribution in [0.1, 0.15) is 24.3 Å². The number of piperidine rings is 1. The van der Waals surface area contributed by atoms with Gasteiger partial charge in [0, 0.05) is 27.8 Å². The Morgan fingerprint density at radius 3 is 2.44 bits per heavy atom. The fourth-order valence-corrected chi connectivity index (χ4v) is 5.07. The van der Waals surface area contributed by atoms with E-state index in [1.54, 1.807) is 23.9 Å². The van der Waals surface area contributed by atoms with E-state index in [0.29, 0.717) is 23.8 Å². The lowest BCUT2D eigenvalue weighted by Crippen LogP contribution is -2.37. The van der Waals surface area contributed by atoms with Crippen molar-refractivity contribution in [2.45, 2.75) is 30.0 Å². The summed E-state index contributed by atoms with van der Waals surface area (Å²) in [4.78, 5) is 20.7. The molecule has 2 heterocycles. The van der Waals surface area contributed by atoms with E-state index < -0.39 is 0 Å². The highest BCUT2D eigenvalue weighted by Gasteiger charge is 2.26. The highest BCUT2D eigenvalue weighted by Crippen LogP contribution is 2.25. The molecule has 1 aliphatic rings. The van der Waals surface area contributed by atoms with Crippen LogP contribution in [0, 0.1) is 11.7 Å². The van der Waals surface area contributed by atoms with Gasteiger partial charge in [-0.15, -0.1) is 11.8 Å². The van der Waals surface area contributed by atoms with Gasteiger partial charge in [0.2, 0.25) is 17.6 Å². The molecule has 1 amide bonds. The van der Waals surface area contributed by atoms with Gasteiger partial charge in [0.1, 0.15) is 5.82 Å². The third kappa shape index (κ3) is 6.38.